The van der Waals surface area contributed by atoms with Crippen LogP contribution in [0.4, 0.5) is 0 Å². The Balaban J connectivity index is 0.000000118. The van der Waals surface area contributed by atoms with Crippen LogP contribution in [0.1, 0.15) is 41.5 Å². The molecular formula is C120H90O3. The number of hydrogen-bond donors (Lipinski definition) is 0. The van der Waals surface area contributed by atoms with Crippen LogP contribution >= 0.6 is 0 Å². The molecule has 0 saturated carbocycles. The molecule has 3 heteroatoms. The molecule has 0 spiro atoms. The van der Waals surface area contributed by atoms with Gasteiger partial charge in [-0.15, -0.1) is 0 Å². The van der Waals surface area contributed by atoms with Gasteiger partial charge in [0.1, 0.15) is 33.5 Å². The van der Waals surface area contributed by atoms with E-state index in [1.165, 1.54) is 181 Å². The number of fused-ring (bicyclic) bond motifs is 15. The molecule has 0 N–H and O–H groups in total. The predicted molar refractivity (Wildman–Crippen MR) is 529 cm³/mol. The second kappa shape index (κ2) is 34.5. The van der Waals surface area contributed by atoms with Crippen molar-refractivity contribution in [2.75, 3.05) is 0 Å². The van der Waals surface area contributed by atoms with Crippen molar-refractivity contribution in [3.05, 3.63) is 437 Å². The van der Waals surface area contributed by atoms with Gasteiger partial charge in [-0.25, -0.2) is 0 Å². The third-order valence-corrected chi connectivity index (χ3v) is 23.6. The third-order valence-electron chi connectivity index (χ3n) is 23.6. The Morgan fingerprint density at radius 3 is 0.667 bits per heavy atom. The molecule has 0 bridgehead atoms. The molecule has 0 radical (unpaired) electrons. The Morgan fingerprint density at radius 1 is 0.122 bits per heavy atom. The van der Waals surface area contributed by atoms with Crippen LogP contribution in [0.25, 0.3) is 231 Å². The third kappa shape index (κ3) is 14.0. The second-order valence-electron chi connectivity index (χ2n) is 30.2. The number of furan rings is 3. The van der Waals surface area contributed by atoms with Gasteiger partial charge in [0.2, 0.25) is 0 Å². The number of benzene rings is 21. The van der Waals surface area contributed by atoms with Gasteiger partial charge in [0.15, 0.2) is 0 Å². The molecule has 0 aliphatic rings. The van der Waals surface area contributed by atoms with E-state index < -0.39 is 0 Å². The van der Waals surface area contributed by atoms with Crippen molar-refractivity contribution in [3.63, 3.8) is 0 Å². The van der Waals surface area contributed by atoms with E-state index in [2.05, 4.69) is 419 Å². The fraction of sp³-hybridized carbons (Fsp3) is 0.0500. The van der Waals surface area contributed by atoms with Crippen molar-refractivity contribution in [2.45, 2.75) is 41.5 Å². The summed E-state index contributed by atoms with van der Waals surface area (Å²) in [4.78, 5) is 0. The van der Waals surface area contributed by atoms with Gasteiger partial charge in [0.05, 0.1) is 0 Å². The first kappa shape index (κ1) is 77.5. The summed E-state index contributed by atoms with van der Waals surface area (Å²) < 4.78 is 18.9. The Morgan fingerprint density at radius 2 is 0.325 bits per heavy atom. The maximum atomic E-state index is 6.30. The lowest BCUT2D eigenvalue weighted by atomic mass is 9.83. The lowest BCUT2D eigenvalue weighted by Crippen LogP contribution is -1.93. The zero-order valence-corrected chi connectivity index (χ0v) is 69.8. The standard InChI is InChI=1S/3C38H24O.3C2H6/c1-2-12-25(13-3-1)26-14-10-15-27(24-26)36-28-16-4-6-18-30(28)37(31-19-7-5-17-29(31)36)33-21-11-23-35-38(33)32-20-8-9-22-34(32)39-35;1-2-11-25(12-3-1)26-21-23-27(24-22-26)36-28-13-4-6-15-30(28)37(31-16-7-5-14-29(31)36)33-18-10-20-35-38(33)32-17-8-9-19-34(32)39-35;1-2-13-25(14-3-1)26-15-4-5-16-27(26)36-28-17-6-8-19-30(28)37(31-20-9-7-18-29(31)36)33-22-12-24-35-38(33)32-21-10-11-23-34(32)39-35;3*1-2/h3*1-24H;3*1-2H3. The second-order valence-corrected chi connectivity index (χ2v) is 30.2. The molecule has 588 valence electrons. The monoisotopic (exact) mass is 1580 g/mol. The molecule has 0 saturated heterocycles. The highest BCUT2D eigenvalue weighted by molar-refractivity contribution is 6.30. The molecule has 0 amide bonds. The minimum Gasteiger partial charge on any atom is -0.456 e. The van der Waals surface area contributed by atoms with Gasteiger partial charge in [0.25, 0.3) is 0 Å². The van der Waals surface area contributed by atoms with E-state index in [-0.39, 0.29) is 0 Å². The molecule has 24 aromatic rings. The Hall–Kier alpha value is -15.4. The van der Waals surface area contributed by atoms with Crippen LogP contribution in [0.5, 0.6) is 0 Å². The van der Waals surface area contributed by atoms with Crippen molar-refractivity contribution >= 4 is 130 Å². The fourth-order valence-corrected chi connectivity index (χ4v) is 18.6. The average molecular weight is 1580 g/mol. The molecule has 0 aliphatic heterocycles. The van der Waals surface area contributed by atoms with Crippen LogP contribution in [0.15, 0.2) is 450 Å². The molecule has 24 rings (SSSR count). The van der Waals surface area contributed by atoms with Crippen LogP contribution in [-0.2, 0) is 0 Å². The van der Waals surface area contributed by atoms with Crippen molar-refractivity contribution in [3.8, 4) is 100 Å². The predicted octanol–water partition coefficient (Wildman–Crippen LogP) is 35.8. The first-order chi connectivity index (χ1) is 61.1. The maximum Gasteiger partial charge on any atom is 0.136 e. The van der Waals surface area contributed by atoms with Crippen molar-refractivity contribution in [2.24, 2.45) is 0 Å². The number of hydrogen-bond acceptors (Lipinski definition) is 3. The number of rotatable bonds is 9. The van der Waals surface area contributed by atoms with Gasteiger partial charge >= 0.3 is 0 Å². The van der Waals surface area contributed by atoms with Crippen LogP contribution in [0, 0.1) is 0 Å². The molecule has 3 aromatic heterocycles. The fourth-order valence-electron chi connectivity index (χ4n) is 18.6. The molecule has 0 atom stereocenters. The summed E-state index contributed by atoms with van der Waals surface area (Å²) in [5.74, 6) is 0. The zero-order valence-electron chi connectivity index (χ0n) is 69.8. The van der Waals surface area contributed by atoms with Gasteiger partial charge in [-0.3, -0.25) is 0 Å². The first-order valence-electron chi connectivity index (χ1n) is 43.1. The largest absolute Gasteiger partial charge is 0.456 e. The summed E-state index contributed by atoms with van der Waals surface area (Å²) >= 11 is 0. The maximum absolute atomic E-state index is 6.30. The Kier molecular flexibility index (Phi) is 21.7. The van der Waals surface area contributed by atoms with Crippen molar-refractivity contribution in [1.29, 1.82) is 0 Å². The highest BCUT2D eigenvalue weighted by Gasteiger charge is 2.26. The molecule has 123 heavy (non-hydrogen) atoms. The summed E-state index contributed by atoms with van der Waals surface area (Å²) in [6.45, 7) is 12.0. The van der Waals surface area contributed by atoms with Crippen LogP contribution in [0.2, 0.25) is 0 Å². The molecule has 0 unspecified atom stereocenters. The summed E-state index contributed by atoms with van der Waals surface area (Å²) in [7, 11) is 0. The van der Waals surface area contributed by atoms with Gasteiger partial charge in [-0.2, -0.15) is 0 Å². The summed E-state index contributed by atoms with van der Waals surface area (Å²) in [6.07, 6.45) is 0. The minimum absolute atomic E-state index is 0.917. The topological polar surface area (TPSA) is 39.4 Å². The molecular weight excluding hydrogens is 1490 g/mol. The van der Waals surface area contributed by atoms with Crippen LogP contribution in [0.3, 0.4) is 0 Å². The molecule has 3 nitrogen and oxygen atoms in total. The molecule has 0 aliphatic carbocycles. The van der Waals surface area contributed by atoms with Gasteiger partial charge in [-0.1, -0.05) is 436 Å². The first-order valence-corrected chi connectivity index (χ1v) is 43.1. The molecule has 3 heterocycles. The highest BCUT2D eigenvalue weighted by Crippen LogP contribution is 2.52. The summed E-state index contributed by atoms with van der Waals surface area (Å²) in [5.41, 5.74) is 27.7. The van der Waals surface area contributed by atoms with E-state index in [9.17, 15) is 0 Å². The lowest BCUT2D eigenvalue weighted by Gasteiger charge is -2.20. The summed E-state index contributed by atoms with van der Waals surface area (Å²) in [5, 5.41) is 21.9. The van der Waals surface area contributed by atoms with E-state index in [4.69, 9.17) is 13.3 Å². The van der Waals surface area contributed by atoms with Crippen LogP contribution in [-0.4, -0.2) is 0 Å². The normalized spacial score (nSPS) is 11.2. The van der Waals surface area contributed by atoms with Crippen LogP contribution < -0.4 is 0 Å². The van der Waals surface area contributed by atoms with E-state index in [1.54, 1.807) is 0 Å². The molecule has 0 fully saturated rings. The SMILES string of the molecule is CC.CC.CC.c1ccc(-c2ccc(-c3c4ccccc4c(-c4cccc5oc6ccccc6c45)c4ccccc34)cc2)cc1.c1ccc(-c2cccc(-c3c4ccccc4c(-c4cccc5oc6ccccc6c45)c4ccccc34)c2)cc1.c1ccc(-c2ccccc2-c2c3ccccc3c(-c3cccc4oc5ccccc5c34)c3ccccc23)cc1. The van der Waals surface area contributed by atoms with Gasteiger partial charge < -0.3 is 13.3 Å². The average Bonchev–Trinajstić information content (AvgIpc) is 1.72. The van der Waals surface area contributed by atoms with E-state index in [0.717, 1.165) is 49.7 Å². The highest BCUT2D eigenvalue weighted by atomic mass is 16.3. The van der Waals surface area contributed by atoms with Crippen molar-refractivity contribution in [1.82, 2.24) is 0 Å². The summed E-state index contributed by atoms with van der Waals surface area (Å²) in [6, 6.07) is 156. The lowest BCUT2D eigenvalue weighted by molar-refractivity contribution is 0.668. The minimum atomic E-state index is 0.917. The smallest absolute Gasteiger partial charge is 0.136 e. The molecule has 21 aromatic carbocycles. The Bertz CT molecular complexity index is 7810. The Labute approximate surface area is 717 Å². The number of para-hydroxylation sites is 3. The quantitative estimate of drug-likeness (QED) is 0.135. The zero-order chi connectivity index (χ0) is 83.3. The van der Waals surface area contributed by atoms with E-state index in [1.807, 2.05) is 59.7 Å². The van der Waals surface area contributed by atoms with Gasteiger partial charge in [-0.05, 0) is 207 Å². The van der Waals surface area contributed by atoms with E-state index >= 15 is 0 Å². The van der Waals surface area contributed by atoms with Crippen molar-refractivity contribution < 1.29 is 13.3 Å². The van der Waals surface area contributed by atoms with E-state index in [0.29, 0.717) is 0 Å². The van der Waals surface area contributed by atoms with Gasteiger partial charge in [0, 0.05) is 32.3 Å².